The minimum Gasteiger partial charge on any atom is -0.465 e. The fourth-order valence-corrected chi connectivity index (χ4v) is 2.84. The summed E-state index contributed by atoms with van der Waals surface area (Å²) in [4.78, 5) is 24.7. The van der Waals surface area contributed by atoms with Gasteiger partial charge in [-0.25, -0.2) is 9.59 Å². The topological polar surface area (TPSA) is 52.6 Å². The molecule has 0 aliphatic rings. The Morgan fingerprint density at radius 3 is 2.35 bits per heavy atom. The normalized spacial score (nSPS) is 10.4. The van der Waals surface area contributed by atoms with Crippen molar-refractivity contribution in [2.45, 2.75) is 39.5 Å². The van der Waals surface area contributed by atoms with E-state index in [1.165, 1.54) is 7.11 Å². The number of rotatable bonds is 8. The molecule has 0 fully saturated rings. The molecule has 0 spiro atoms. The third-order valence-electron chi connectivity index (χ3n) is 4.25. The fourth-order valence-electron chi connectivity index (χ4n) is 2.84. The van der Waals surface area contributed by atoms with Crippen molar-refractivity contribution in [1.82, 2.24) is 0 Å². The van der Waals surface area contributed by atoms with Crippen LogP contribution < -0.4 is 0 Å². The van der Waals surface area contributed by atoms with Gasteiger partial charge in [-0.15, -0.1) is 0 Å². The number of aryl methyl sites for hydroxylation is 1. The first kappa shape index (κ1) is 19.7. The van der Waals surface area contributed by atoms with Crippen LogP contribution in [0.15, 0.2) is 42.5 Å². The number of carbonyl (C=O) groups excluding carboxylic acids is 2. The van der Waals surface area contributed by atoms with Gasteiger partial charge in [-0.3, -0.25) is 0 Å². The zero-order valence-electron chi connectivity index (χ0n) is 15.7. The maximum absolute atomic E-state index is 12.6. The van der Waals surface area contributed by atoms with Gasteiger partial charge in [0.1, 0.15) is 0 Å². The van der Waals surface area contributed by atoms with Gasteiger partial charge in [-0.1, -0.05) is 62.1 Å². The molecule has 2 aromatic rings. The van der Waals surface area contributed by atoms with Crippen molar-refractivity contribution in [2.24, 2.45) is 0 Å². The summed E-state index contributed by atoms with van der Waals surface area (Å²) in [5.74, 6) is -0.794. The van der Waals surface area contributed by atoms with E-state index < -0.39 is 5.97 Å². The first-order valence-corrected chi connectivity index (χ1v) is 9.04. The average Bonchev–Trinajstić information content (AvgIpc) is 2.67. The number of esters is 2. The van der Waals surface area contributed by atoms with Crippen LogP contribution in [0.3, 0.4) is 0 Å². The highest BCUT2D eigenvalue weighted by molar-refractivity contribution is 6.03. The largest absolute Gasteiger partial charge is 0.465 e. The van der Waals surface area contributed by atoms with Gasteiger partial charge in [0.2, 0.25) is 0 Å². The summed E-state index contributed by atoms with van der Waals surface area (Å²) < 4.78 is 10.3. The Labute approximate surface area is 155 Å². The SMILES string of the molecule is CCCCCCOC(=O)c1ccccc1-c1cc(C)ccc1C(=O)OC. The lowest BCUT2D eigenvalue weighted by molar-refractivity contribution is 0.0497. The van der Waals surface area contributed by atoms with Crippen LogP contribution in [-0.4, -0.2) is 25.7 Å². The summed E-state index contributed by atoms with van der Waals surface area (Å²) in [5, 5.41) is 0. The molecule has 0 radical (unpaired) electrons. The molecule has 0 bridgehead atoms. The summed E-state index contributed by atoms with van der Waals surface area (Å²) in [6, 6.07) is 12.7. The number of hydrogen-bond acceptors (Lipinski definition) is 4. The van der Waals surface area contributed by atoms with Crippen LogP contribution in [0.4, 0.5) is 0 Å². The minimum atomic E-state index is -0.428. The summed E-state index contributed by atoms with van der Waals surface area (Å²) >= 11 is 0. The maximum atomic E-state index is 12.6. The Bertz CT molecular complexity index is 764. The molecular formula is C22H26O4. The van der Waals surface area contributed by atoms with Crippen molar-refractivity contribution in [3.05, 3.63) is 59.2 Å². The lowest BCUT2D eigenvalue weighted by Gasteiger charge is -2.13. The van der Waals surface area contributed by atoms with Crippen molar-refractivity contribution in [3.63, 3.8) is 0 Å². The third kappa shape index (κ3) is 4.94. The molecule has 0 aliphatic carbocycles. The quantitative estimate of drug-likeness (QED) is 0.484. The molecule has 4 nitrogen and oxygen atoms in total. The summed E-state index contributed by atoms with van der Waals surface area (Å²) in [7, 11) is 1.35. The zero-order valence-corrected chi connectivity index (χ0v) is 15.7. The maximum Gasteiger partial charge on any atom is 0.338 e. The fraction of sp³-hybridized carbons (Fsp3) is 0.364. The molecule has 0 amide bonds. The highest BCUT2D eigenvalue weighted by Crippen LogP contribution is 2.29. The molecule has 0 aromatic heterocycles. The number of carbonyl (C=O) groups is 2. The van der Waals surface area contributed by atoms with E-state index in [0.717, 1.165) is 31.2 Å². The van der Waals surface area contributed by atoms with E-state index in [9.17, 15) is 9.59 Å². The van der Waals surface area contributed by atoms with E-state index in [2.05, 4.69) is 6.92 Å². The molecule has 4 heteroatoms. The van der Waals surface area contributed by atoms with Gasteiger partial charge in [0.15, 0.2) is 0 Å². The third-order valence-corrected chi connectivity index (χ3v) is 4.25. The molecule has 0 atom stereocenters. The second kappa shape index (κ2) is 9.76. The monoisotopic (exact) mass is 354 g/mol. The van der Waals surface area contributed by atoms with Crippen LogP contribution in [0.1, 0.15) is 58.9 Å². The van der Waals surface area contributed by atoms with Crippen LogP contribution in [0.5, 0.6) is 0 Å². The van der Waals surface area contributed by atoms with E-state index in [-0.39, 0.29) is 5.97 Å². The number of benzene rings is 2. The Kier molecular flexibility index (Phi) is 7.39. The van der Waals surface area contributed by atoms with Crippen LogP contribution in [0.25, 0.3) is 11.1 Å². The van der Waals surface area contributed by atoms with E-state index in [0.29, 0.717) is 28.9 Å². The van der Waals surface area contributed by atoms with Gasteiger partial charge < -0.3 is 9.47 Å². The zero-order chi connectivity index (χ0) is 18.9. The van der Waals surface area contributed by atoms with Crippen LogP contribution in [0.2, 0.25) is 0 Å². The molecule has 138 valence electrons. The molecule has 0 unspecified atom stereocenters. The lowest BCUT2D eigenvalue weighted by atomic mass is 9.94. The van der Waals surface area contributed by atoms with Crippen molar-refractivity contribution in [2.75, 3.05) is 13.7 Å². The van der Waals surface area contributed by atoms with Crippen molar-refractivity contribution in [3.8, 4) is 11.1 Å². The Morgan fingerprint density at radius 2 is 1.62 bits per heavy atom. The summed E-state index contributed by atoms with van der Waals surface area (Å²) in [6.07, 6.45) is 4.19. The first-order valence-electron chi connectivity index (χ1n) is 9.04. The molecule has 26 heavy (non-hydrogen) atoms. The predicted molar refractivity (Wildman–Crippen MR) is 102 cm³/mol. The molecule has 0 heterocycles. The average molecular weight is 354 g/mol. The van der Waals surface area contributed by atoms with Gasteiger partial charge in [0.05, 0.1) is 24.8 Å². The minimum absolute atomic E-state index is 0.366. The highest BCUT2D eigenvalue weighted by atomic mass is 16.5. The van der Waals surface area contributed by atoms with Gasteiger partial charge in [-0.05, 0) is 36.6 Å². The Balaban J connectivity index is 2.31. The van der Waals surface area contributed by atoms with Gasteiger partial charge in [-0.2, -0.15) is 0 Å². The van der Waals surface area contributed by atoms with E-state index in [4.69, 9.17) is 9.47 Å². The van der Waals surface area contributed by atoms with Crippen molar-refractivity contribution >= 4 is 11.9 Å². The Morgan fingerprint density at radius 1 is 0.885 bits per heavy atom. The number of ether oxygens (including phenoxy) is 2. The van der Waals surface area contributed by atoms with E-state index >= 15 is 0 Å². The predicted octanol–water partition coefficient (Wildman–Crippen LogP) is 5.19. The molecule has 0 saturated carbocycles. The molecule has 0 aliphatic heterocycles. The molecule has 0 saturated heterocycles. The molecule has 2 aromatic carbocycles. The van der Waals surface area contributed by atoms with E-state index in [1.807, 2.05) is 31.2 Å². The first-order chi connectivity index (χ1) is 12.6. The van der Waals surface area contributed by atoms with Crippen LogP contribution in [-0.2, 0) is 9.47 Å². The number of hydrogen-bond donors (Lipinski definition) is 0. The van der Waals surface area contributed by atoms with E-state index in [1.54, 1.807) is 18.2 Å². The summed E-state index contributed by atoms with van der Waals surface area (Å²) in [6.45, 7) is 4.49. The second-order valence-electron chi connectivity index (χ2n) is 6.28. The molecule has 2 rings (SSSR count). The highest BCUT2D eigenvalue weighted by Gasteiger charge is 2.19. The van der Waals surface area contributed by atoms with Gasteiger partial charge in [0, 0.05) is 0 Å². The van der Waals surface area contributed by atoms with Crippen molar-refractivity contribution in [1.29, 1.82) is 0 Å². The standard InChI is InChI=1S/C22H26O4/c1-4-5-6-9-14-26-22(24)18-11-8-7-10-17(18)20-15-16(2)12-13-19(20)21(23)25-3/h7-8,10-13,15H,4-6,9,14H2,1-3H3. The summed E-state index contributed by atoms with van der Waals surface area (Å²) in [5.41, 5.74) is 3.24. The van der Waals surface area contributed by atoms with Crippen LogP contribution in [0, 0.1) is 6.92 Å². The Hall–Kier alpha value is -2.62. The van der Waals surface area contributed by atoms with Gasteiger partial charge >= 0.3 is 11.9 Å². The number of methoxy groups -OCH3 is 1. The molecule has 0 N–H and O–H groups in total. The number of unbranched alkanes of at least 4 members (excludes halogenated alkanes) is 3. The lowest BCUT2D eigenvalue weighted by Crippen LogP contribution is -2.10. The second-order valence-corrected chi connectivity index (χ2v) is 6.28. The smallest absolute Gasteiger partial charge is 0.338 e. The van der Waals surface area contributed by atoms with Gasteiger partial charge in [0.25, 0.3) is 0 Å². The van der Waals surface area contributed by atoms with Crippen molar-refractivity contribution < 1.29 is 19.1 Å². The molecular weight excluding hydrogens is 328 g/mol. The van der Waals surface area contributed by atoms with Crippen LogP contribution >= 0.6 is 0 Å².